The van der Waals surface area contributed by atoms with E-state index in [1.165, 1.54) is 6.42 Å². The van der Waals surface area contributed by atoms with Gasteiger partial charge in [-0.15, -0.1) is 0 Å². The summed E-state index contributed by atoms with van der Waals surface area (Å²) in [5, 5.41) is 0. The van der Waals surface area contributed by atoms with E-state index in [1.807, 2.05) is 0 Å². The van der Waals surface area contributed by atoms with Crippen molar-refractivity contribution < 1.29 is 13.2 Å². The van der Waals surface area contributed by atoms with Gasteiger partial charge in [-0.1, -0.05) is 19.3 Å². The van der Waals surface area contributed by atoms with Gasteiger partial charge in [-0.2, -0.15) is 13.2 Å². The molecule has 0 unspecified atom stereocenters. The standard InChI is InChI=1S/C13H23F3N2/c14-13(15,16)10-18(11-4-5-11)9-8-12(17)6-2-1-3-7-12/h11H,1-10,17H2. The smallest absolute Gasteiger partial charge is 0.325 e. The summed E-state index contributed by atoms with van der Waals surface area (Å²) in [6.45, 7) is -0.269. The summed E-state index contributed by atoms with van der Waals surface area (Å²) in [6.07, 6.45) is 3.85. The first-order valence-corrected chi connectivity index (χ1v) is 6.98. The van der Waals surface area contributed by atoms with Gasteiger partial charge in [-0.3, -0.25) is 4.90 Å². The zero-order valence-electron chi connectivity index (χ0n) is 10.8. The van der Waals surface area contributed by atoms with Gasteiger partial charge in [-0.05, 0) is 32.1 Å². The number of nitrogens with two attached hydrogens (primary N) is 1. The van der Waals surface area contributed by atoms with Gasteiger partial charge >= 0.3 is 6.18 Å². The van der Waals surface area contributed by atoms with Crippen LogP contribution in [-0.2, 0) is 0 Å². The van der Waals surface area contributed by atoms with E-state index in [-0.39, 0.29) is 11.6 Å². The minimum absolute atomic E-state index is 0.152. The summed E-state index contributed by atoms with van der Waals surface area (Å²) in [4.78, 5) is 1.59. The van der Waals surface area contributed by atoms with Crippen molar-refractivity contribution >= 4 is 0 Å². The summed E-state index contributed by atoms with van der Waals surface area (Å²) in [7, 11) is 0. The molecule has 2 nitrogen and oxygen atoms in total. The highest BCUT2D eigenvalue weighted by Gasteiger charge is 2.39. The van der Waals surface area contributed by atoms with E-state index in [0.29, 0.717) is 13.0 Å². The molecule has 0 aromatic carbocycles. The third-order valence-electron chi connectivity index (χ3n) is 4.19. The zero-order chi connectivity index (χ0) is 13.2. The first-order chi connectivity index (χ1) is 8.38. The maximum Gasteiger partial charge on any atom is 0.401 e. The van der Waals surface area contributed by atoms with Crippen LogP contribution in [-0.4, -0.2) is 35.7 Å². The molecule has 0 atom stereocenters. The number of hydrogen-bond acceptors (Lipinski definition) is 2. The van der Waals surface area contributed by atoms with Crippen LogP contribution in [0.15, 0.2) is 0 Å². The van der Waals surface area contributed by atoms with E-state index in [9.17, 15) is 13.2 Å². The molecular weight excluding hydrogens is 241 g/mol. The minimum atomic E-state index is -4.09. The van der Waals surface area contributed by atoms with Crippen molar-refractivity contribution in [3.8, 4) is 0 Å². The van der Waals surface area contributed by atoms with Crippen molar-refractivity contribution in [2.45, 2.75) is 69.1 Å². The van der Waals surface area contributed by atoms with Gasteiger partial charge in [0.05, 0.1) is 6.54 Å². The molecule has 0 amide bonds. The first kappa shape index (κ1) is 14.1. The molecule has 2 aliphatic rings. The lowest BCUT2D eigenvalue weighted by atomic mass is 9.80. The molecule has 2 rings (SSSR count). The Labute approximate surface area is 107 Å². The summed E-state index contributed by atoms with van der Waals surface area (Å²) < 4.78 is 37.4. The molecule has 0 spiro atoms. The van der Waals surface area contributed by atoms with Gasteiger partial charge in [0, 0.05) is 18.1 Å². The molecule has 0 aliphatic heterocycles. The van der Waals surface area contributed by atoms with Gasteiger partial charge in [0.2, 0.25) is 0 Å². The lowest BCUT2D eigenvalue weighted by molar-refractivity contribution is -0.147. The maximum atomic E-state index is 12.5. The van der Waals surface area contributed by atoms with Crippen molar-refractivity contribution in [2.24, 2.45) is 5.73 Å². The van der Waals surface area contributed by atoms with Crippen molar-refractivity contribution in [3.05, 3.63) is 0 Å². The quantitative estimate of drug-likeness (QED) is 0.827. The van der Waals surface area contributed by atoms with E-state index >= 15 is 0 Å². The number of alkyl halides is 3. The number of rotatable bonds is 5. The second-order valence-corrected chi connectivity index (χ2v) is 5.99. The molecule has 0 heterocycles. The Kier molecular flexibility index (Phi) is 4.22. The van der Waals surface area contributed by atoms with Gasteiger partial charge < -0.3 is 5.73 Å². The molecule has 2 fully saturated rings. The summed E-state index contributed by atoms with van der Waals surface area (Å²) in [5.74, 6) is 0. The molecule has 0 saturated heterocycles. The molecule has 2 saturated carbocycles. The summed E-state index contributed by atoms with van der Waals surface area (Å²) in [6, 6.07) is 0.152. The Morgan fingerprint density at radius 2 is 1.72 bits per heavy atom. The van der Waals surface area contributed by atoms with Gasteiger partial charge in [-0.25, -0.2) is 0 Å². The van der Waals surface area contributed by atoms with Crippen molar-refractivity contribution in [3.63, 3.8) is 0 Å². The van der Waals surface area contributed by atoms with Crippen LogP contribution in [0.4, 0.5) is 13.2 Å². The number of hydrogen-bond donors (Lipinski definition) is 1. The lowest BCUT2D eigenvalue weighted by Gasteiger charge is -2.35. The Bertz CT molecular complexity index is 268. The van der Waals surface area contributed by atoms with Crippen LogP contribution in [0, 0.1) is 0 Å². The summed E-state index contributed by atoms with van der Waals surface area (Å²) >= 11 is 0. The van der Waals surface area contributed by atoms with E-state index < -0.39 is 12.7 Å². The number of nitrogens with zero attached hydrogens (tertiary/aromatic N) is 1. The highest BCUT2D eigenvalue weighted by molar-refractivity contribution is 4.91. The van der Waals surface area contributed by atoms with Gasteiger partial charge in [0.25, 0.3) is 0 Å². The highest BCUT2D eigenvalue weighted by atomic mass is 19.4. The largest absolute Gasteiger partial charge is 0.401 e. The predicted molar refractivity (Wildman–Crippen MR) is 65.3 cm³/mol. The van der Waals surface area contributed by atoms with Crippen molar-refractivity contribution in [1.82, 2.24) is 4.90 Å². The van der Waals surface area contributed by atoms with Gasteiger partial charge in [0.15, 0.2) is 0 Å². The predicted octanol–water partition coefficient (Wildman–Crippen LogP) is 3.06. The van der Waals surface area contributed by atoms with Crippen LogP contribution in [0.3, 0.4) is 0 Å². The normalized spacial score (nSPS) is 24.5. The first-order valence-electron chi connectivity index (χ1n) is 6.98. The summed E-state index contributed by atoms with van der Waals surface area (Å²) in [5.41, 5.74) is 6.07. The Balaban J connectivity index is 1.81. The third-order valence-corrected chi connectivity index (χ3v) is 4.19. The molecule has 0 aromatic heterocycles. The molecule has 106 valence electrons. The molecule has 0 bridgehead atoms. The average Bonchev–Trinajstić information content (AvgIpc) is 3.07. The Morgan fingerprint density at radius 1 is 1.11 bits per heavy atom. The third kappa shape index (κ3) is 4.43. The Hall–Kier alpha value is -0.290. The molecule has 2 N–H and O–H groups in total. The van der Waals surface area contributed by atoms with E-state index in [1.54, 1.807) is 4.90 Å². The lowest BCUT2D eigenvalue weighted by Crippen LogP contribution is -2.46. The van der Waals surface area contributed by atoms with E-state index in [0.717, 1.165) is 38.5 Å². The average molecular weight is 264 g/mol. The van der Waals surface area contributed by atoms with Gasteiger partial charge in [0.1, 0.15) is 0 Å². The van der Waals surface area contributed by atoms with Crippen molar-refractivity contribution in [2.75, 3.05) is 13.1 Å². The van der Waals surface area contributed by atoms with Crippen LogP contribution >= 0.6 is 0 Å². The van der Waals surface area contributed by atoms with Crippen LogP contribution in [0.5, 0.6) is 0 Å². The van der Waals surface area contributed by atoms with Crippen LogP contribution in [0.1, 0.15) is 51.4 Å². The molecule has 0 aromatic rings. The fourth-order valence-corrected chi connectivity index (χ4v) is 2.93. The molecule has 2 aliphatic carbocycles. The second kappa shape index (κ2) is 5.37. The molecule has 5 heteroatoms. The van der Waals surface area contributed by atoms with E-state index in [2.05, 4.69) is 0 Å². The molecule has 18 heavy (non-hydrogen) atoms. The van der Waals surface area contributed by atoms with Crippen LogP contribution < -0.4 is 5.73 Å². The Morgan fingerprint density at radius 3 is 2.22 bits per heavy atom. The minimum Gasteiger partial charge on any atom is -0.325 e. The monoisotopic (exact) mass is 264 g/mol. The maximum absolute atomic E-state index is 12.5. The van der Waals surface area contributed by atoms with Crippen LogP contribution in [0.2, 0.25) is 0 Å². The SMILES string of the molecule is NC1(CCN(CC(F)(F)F)C2CC2)CCCCC1. The molecular formula is C13H23F3N2. The highest BCUT2D eigenvalue weighted by Crippen LogP contribution is 2.33. The fraction of sp³-hybridized carbons (Fsp3) is 1.00. The molecule has 0 radical (unpaired) electrons. The zero-order valence-corrected chi connectivity index (χ0v) is 10.8. The van der Waals surface area contributed by atoms with Crippen LogP contribution in [0.25, 0.3) is 0 Å². The number of halogens is 3. The van der Waals surface area contributed by atoms with E-state index in [4.69, 9.17) is 5.73 Å². The topological polar surface area (TPSA) is 29.3 Å². The second-order valence-electron chi connectivity index (χ2n) is 5.99. The fourth-order valence-electron chi connectivity index (χ4n) is 2.93. The van der Waals surface area contributed by atoms with Crippen molar-refractivity contribution in [1.29, 1.82) is 0 Å².